The molecule has 0 bridgehead atoms. The lowest BCUT2D eigenvalue weighted by Gasteiger charge is -2.22. The molecule has 0 saturated heterocycles. The van der Waals surface area contributed by atoms with Crippen LogP contribution in [0.1, 0.15) is 45.3 Å². The van der Waals surface area contributed by atoms with Gasteiger partial charge in [0.15, 0.2) is 11.0 Å². The molecule has 0 fully saturated rings. The van der Waals surface area contributed by atoms with Crippen LogP contribution >= 0.6 is 11.8 Å². The van der Waals surface area contributed by atoms with E-state index in [0.29, 0.717) is 17.4 Å². The lowest BCUT2D eigenvalue weighted by Crippen LogP contribution is -2.28. The van der Waals surface area contributed by atoms with Crippen molar-refractivity contribution in [3.63, 3.8) is 0 Å². The zero-order chi connectivity index (χ0) is 30.5. The largest absolute Gasteiger partial charge is 0.497 e. The monoisotopic (exact) mass is 599 g/mol. The molecule has 13 heteroatoms. The highest BCUT2D eigenvalue weighted by atomic mass is 32.2. The lowest BCUT2D eigenvalue weighted by atomic mass is 9.97. The number of aromatic nitrogens is 3. The molecule has 1 N–H and O–H groups in total. The van der Waals surface area contributed by atoms with Crippen LogP contribution in [0.5, 0.6) is 5.75 Å². The highest BCUT2D eigenvalue weighted by Crippen LogP contribution is 2.34. The molecule has 43 heavy (non-hydrogen) atoms. The number of hydrogen-bond acceptors (Lipinski definition) is 9. The van der Waals surface area contributed by atoms with Crippen LogP contribution in [0.4, 0.5) is 5.69 Å². The number of nitrogens with one attached hydrogen (secondary N) is 1. The number of hydrazone groups is 1. The van der Waals surface area contributed by atoms with Gasteiger partial charge in [0.05, 0.1) is 36.1 Å². The Morgan fingerprint density at radius 3 is 2.40 bits per heavy atom. The number of rotatable bonds is 10. The Hall–Kier alpha value is -5.04. The molecule has 1 unspecified atom stereocenters. The summed E-state index contributed by atoms with van der Waals surface area (Å²) in [5.74, 6) is 0.752. The van der Waals surface area contributed by atoms with Crippen molar-refractivity contribution in [3.05, 3.63) is 111 Å². The molecule has 4 aromatic rings. The summed E-state index contributed by atoms with van der Waals surface area (Å²) in [6.45, 7) is 2.11. The van der Waals surface area contributed by atoms with Gasteiger partial charge in [-0.25, -0.2) is 5.01 Å². The molecular weight excluding hydrogens is 570 g/mol. The number of methoxy groups -OCH3 is 1. The van der Waals surface area contributed by atoms with Gasteiger partial charge in [-0.2, -0.15) is 5.10 Å². The van der Waals surface area contributed by atoms with Gasteiger partial charge in [0.25, 0.3) is 17.5 Å². The van der Waals surface area contributed by atoms with Crippen LogP contribution in [0.3, 0.4) is 0 Å². The number of benzene rings is 3. The Balaban J connectivity index is 1.25. The third kappa shape index (κ3) is 6.72. The van der Waals surface area contributed by atoms with Crippen molar-refractivity contribution >= 4 is 35.0 Å². The second kappa shape index (κ2) is 12.9. The molecule has 1 aliphatic heterocycles. The van der Waals surface area contributed by atoms with Gasteiger partial charge in [-0.1, -0.05) is 41.6 Å². The number of nitrogens with zero attached hydrogens (tertiary/aromatic N) is 6. The van der Waals surface area contributed by atoms with E-state index in [1.165, 1.54) is 36.0 Å². The Bertz CT molecular complexity index is 1670. The molecule has 3 aromatic carbocycles. The van der Waals surface area contributed by atoms with E-state index >= 15 is 0 Å². The summed E-state index contributed by atoms with van der Waals surface area (Å²) in [5.41, 5.74) is 4.07. The SMILES string of the molecule is COc1ccc(C2=NN(C(=O)CSc3nnc(CNC(=O)c4ccc([N+](=O)[O-])cc4)n3C)C(c3ccc(C)cc3)C2)cc1. The smallest absolute Gasteiger partial charge is 0.269 e. The quantitative estimate of drug-likeness (QED) is 0.160. The number of ether oxygens (including phenoxy) is 1. The predicted molar refractivity (Wildman–Crippen MR) is 161 cm³/mol. The normalized spacial score (nSPS) is 14.3. The van der Waals surface area contributed by atoms with Gasteiger partial charge in [0, 0.05) is 31.2 Å². The summed E-state index contributed by atoms with van der Waals surface area (Å²) in [4.78, 5) is 36.3. The van der Waals surface area contributed by atoms with E-state index in [9.17, 15) is 19.7 Å². The molecule has 220 valence electrons. The first-order valence-corrected chi connectivity index (χ1v) is 14.4. The average Bonchev–Trinajstić information content (AvgIpc) is 3.63. The summed E-state index contributed by atoms with van der Waals surface area (Å²) in [5, 5.41) is 28.7. The predicted octanol–water partition coefficient (Wildman–Crippen LogP) is 4.44. The van der Waals surface area contributed by atoms with Crippen molar-refractivity contribution in [3.8, 4) is 5.75 Å². The van der Waals surface area contributed by atoms with Crippen LogP contribution in [0.25, 0.3) is 0 Å². The first-order chi connectivity index (χ1) is 20.7. The Kier molecular flexibility index (Phi) is 8.81. The van der Waals surface area contributed by atoms with E-state index in [0.717, 1.165) is 28.2 Å². The molecule has 1 atom stereocenters. The van der Waals surface area contributed by atoms with Gasteiger partial charge in [0.2, 0.25) is 0 Å². The van der Waals surface area contributed by atoms with Crippen LogP contribution in [-0.4, -0.2) is 55.1 Å². The van der Waals surface area contributed by atoms with Crippen LogP contribution in [0.15, 0.2) is 83.1 Å². The number of nitro groups is 1. The first kappa shape index (κ1) is 29.5. The van der Waals surface area contributed by atoms with Crippen molar-refractivity contribution in [1.29, 1.82) is 0 Å². The number of nitro benzene ring substituents is 1. The summed E-state index contributed by atoms with van der Waals surface area (Å²) < 4.78 is 6.99. The third-order valence-corrected chi connectivity index (χ3v) is 8.05. The maximum atomic E-state index is 13.5. The highest BCUT2D eigenvalue weighted by Gasteiger charge is 2.33. The minimum absolute atomic E-state index is 0.0862. The maximum absolute atomic E-state index is 13.5. The molecule has 12 nitrogen and oxygen atoms in total. The zero-order valence-corrected chi connectivity index (χ0v) is 24.6. The van der Waals surface area contributed by atoms with Gasteiger partial charge >= 0.3 is 0 Å². The Morgan fingerprint density at radius 1 is 1.05 bits per heavy atom. The molecule has 1 aliphatic rings. The maximum Gasteiger partial charge on any atom is 0.269 e. The second-order valence-electron chi connectivity index (χ2n) is 9.88. The van der Waals surface area contributed by atoms with E-state index in [2.05, 4.69) is 15.5 Å². The third-order valence-electron chi connectivity index (χ3n) is 7.05. The fraction of sp³-hybridized carbons (Fsp3) is 0.233. The highest BCUT2D eigenvalue weighted by molar-refractivity contribution is 7.99. The van der Waals surface area contributed by atoms with Crippen molar-refractivity contribution in [1.82, 2.24) is 25.1 Å². The molecule has 0 aliphatic carbocycles. The van der Waals surface area contributed by atoms with Gasteiger partial charge in [-0.15, -0.1) is 10.2 Å². The Morgan fingerprint density at radius 2 is 1.74 bits per heavy atom. The number of carbonyl (C=O) groups is 2. The second-order valence-corrected chi connectivity index (χ2v) is 10.8. The fourth-order valence-corrected chi connectivity index (χ4v) is 5.34. The number of aryl methyl sites for hydroxylation is 1. The van der Waals surface area contributed by atoms with Crippen molar-refractivity contribution in [2.24, 2.45) is 12.1 Å². The fourth-order valence-electron chi connectivity index (χ4n) is 4.56. The summed E-state index contributed by atoms with van der Waals surface area (Å²) in [6.07, 6.45) is 0.578. The van der Waals surface area contributed by atoms with E-state index < -0.39 is 10.8 Å². The molecule has 0 radical (unpaired) electrons. The van der Waals surface area contributed by atoms with Crippen LogP contribution in [0.2, 0.25) is 0 Å². The van der Waals surface area contributed by atoms with Gasteiger partial charge in [-0.3, -0.25) is 19.7 Å². The molecule has 5 rings (SSSR count). The van der Waals surface area contributed by atoms with Gasteiger partial charge < -0.3 is 14.6 Å². The van der Waals surface area contributed by atoms with Crippen molar-refractivity contribution in [2.45, 2.75) is 31.1 Å². The van der Waals surface area contributed by atoms with Gasteiger partial charge in [0.1, 0.15) is 5.75 Å². The molecule has 0 spiro atoms. The Labute approximate surface area is 251 Å². The number of carbonyl (C=O) groups excluding carboxylic acids is 2. The van der Waals surface area contributed by atoms with Gasteiger partial charge in [-0.05, 0) is 54.4 Å². The minimum Gasteiger partial charge on any atom is -0.497 e. The number of hydrogen-bond donors (Lipinski definition) is 1. The zero-order valence-electron chi connectivity index (χ0n) is 23.8. The minimum atomic E-state index is -0.524. The van der Waals surface area contributed by atoms with E-state index in [1.54, 1.807) is 23.7 Å². The molecule has 1 aromatic heterocycles. The number of thioether (sulfide) groups is 1. The summed E-state index contributed by atoms with van der Waals surface area (Å²) >= 11 is 1.24. The summed E-state index contributed by atoms with van der Waals surface area (Å²) in [6, 6.07) is 20.8. The molecule has 2 heterocycles. The number of amides is 2. The molecule has 2 amide bonds. The van der Waals surface area contributed by atoms with E-state index in [4.69, 9.17) is 9.84 Å². The van der Waals surface area contributed by atoms with Crippen LogP contribution in [0, 0.1) is 17.0 Å². The van der Waals surface area contributed by atoms with E-state index in [1.807, 2.05) is 55.5 Å². The number of non-ortho nitro benzene ring substituents is 1. The average molecular weight is 600 g/mol. The standard InChI is InChI=1S/C30H29N7O5S/c1-19-4-6-21(7-5-19)26-16-25(20-10-14-24(42-3)15-11-20)34-36(26)28(38)18-43-30-33-32-27(35(30)2)17-31-29(39)22-8-12-23(13-9-22)37(40)41/h4-15,26H,16-18H2,1-3H3,(H,31,39). The molecular formula is C30H29N7O5S. The first-order valence-electron chi connectivity index (χ1n) is 13.4. The van der Waals surface area contributed by atoms with Crippen molar-refractivity contribution in [2.75, 3.05) is 12.9 Å². The van der Waals surface area contributed by atoms with Crippen molar-refractivity contribution < 1.29 is 19.2 Å². The van der Waals surface area contributed by atoms with Crippen LogP contribution < -0.4 is 10.1 Å². The van der Waals surface area contributed by atoms with E-state index in [-0.39, 0.29) is 35.5 Å². The lowest BCUT2D eigenvalue weighted by molar-refractivity contribution is -0.384. The molecule has 0 saturated carbocycles. The summed E-state index contributed by atoms with van der Waals surface area (Å²) in [7, 11) is 3.37. The topological polar surface area (TPSA) is 145 Å². The van der Waals surface area contributed by atoms with Crippen LogP contribution in [-0.2, 0) is 18.4 Å².